The third-order valence-electron chi connectivity index (χ3n) is 3.62. The molecule has 1 aliphatic rings. The summed E-state index contributed by atoms with van der Waals surface area (Å²) in [5, 5.41) is 21.7. The van der Waals surface area contributed by atoms with Crippen molar-refractivity contribution < 1.29 is 24.5 Å². The van der Waals surface area contributed by atoms with E-state index in [9.17, 15) is 19.8 Å². The van der Waals surface area contributed by atoms with E-state index in [0.29, 0.717) is 12.2 Å². The van der Waals surface area contributed by atoms with Crippen molar-refractivity contribution in [1.29, 1.82) is 0 Å². The molecule has 136 valence electrons. The van der Waals surface area contributed by atoms with E-state index in [4.69, 9.17) is 14.3 Å². The van der Waals surface area contributed by atoms with E-state index in [1.807, 2.05) is 0 Å². The van der Waals surface area contributed by atoms with Crippen molar-refractivity contribution in [1.82, 2.24) is 14.6 Å². The number of aromatic nitrogens is 2. The summed E-state index contributed by atoms with van der Waals surface area (Å²) in [6.45, 7) is 2.17. The summed E-state index contributed by atoms with van der Waals surface area (Å²) in [5.41, 5.74) is -0.937. The molecular weight excluding hydrogens is 322 g/mol. The van der Waals surface area contributed by atoms with Gasteiger partial charge in [-0.1, -0.05) is 0 Å². The van der Waals surface area contributed by atoms with Gasteiger partial charge in [-0.05, 0) is 6.92 Å². The second kappa shape index (κ2) is 8.01. The number of aliphatic hydroxyl groups is 2. The molecule has 0 aromatic carbocycles. The first kappa shape index (κ1) is 18.8. The zero-order valence-electron chi connectivity index (χ0n) is 13.8. The molecule has 0 radical (unpaired) electrons. The predicted molar refractivity (Wildman–Crippen MR) is 82.4 cm³/mol. The predicted octanol–water partition coefficient (Wildman–Crippen LogP) is -2.03. The number of hydrogen-bond donors (Lipinski definition) is 3. The van der Waals surface area contributed by atoms with Crippen molar-refractivity contribution >= 4 is 0 Å². The van der Waals surface area contributed by atoms with Gasteiger partial charge in [0.2, 0.25) is 0 Å². The number of aromatic amines is 1. The standard InChI is InChI=1S/C14H23N3O7/c1-8-6-17(14(21)15-12(8)20)13-11(19)10(18)9(24-13)7-22-4-5-23-16(2)3/h6,9-11,13,18-19H,4-5,7H2,1-3H3,(H,15,20,21)/t9-,10-,11-,13-/m1/s1. The second-order valence-corrected chi connectivity index (χ2v) is 5.75. The second-order valence-electron chi connectivity index (χ2n) is 5.75. The van der Waals surface area contributed by atoms with Gasteiger partial charge in [-0.25, -0.2) is 4.79 Å². The van der Waals surface area contributed by atoms with Crippen LogP contribution in [0.25, 0.3) is 0 Å². The molecule has 24 heavy (non-hydrogen) atoms. The molecule has 0 amide bonds. The molecule has 2 heterocycles. The molecule has 1 aliphatic heterocycles. The number of H-pyrrole nitrogens is 1. The normalized spacial score (nSPS) is 27.1. The van der Waals surface area contributed by atoms with Crippen LogP contribution in [0, 0.1) is 6.92 Å². The van der Waals surface area contributed by atoms with Crippen LogP contribution in [0.1, 0.15) is 11.8 Å². The van der Waals surface area contributed by atoms with Crippen molar-refractivity contribution in [3.05, 3.63) is 32.6 Å². The van der Waals surface area contributed by atoms with Crippen LogP contribution < -0.4 is 11.2 Å². The minimum Gasteiger partial charge on any atom is -0.387 e. The summed E-state index contributed by atoms with van der Waals surface area (Å²) in [4.78, 5) is 30.6. The SMILES string of the molecule is Cc1cn([C@@H]2O[C@H](COCCON(C)C)[C@@H](O)[C@H]2O)c(=O)[nH]c1=O. The molecule has 0 aliphatic carbocycles. The first-order chi connectivity index (χ1) is 11.3. The highest BCUT2D eigenvalue weighted by atomic mass is 16.7. The first-order valence-electron chi connectivity index (χ1n) is 7.53. The fourth-order valence-corrected chi connectivity index (χ4v) is 2.35. The zero-order chi connectivity index (χ0) is 17.9. The summed E-state index contributed by atoms with van der Waals surface area (Å²) in [6.07, 6.45) is -3.16. The Bertz CT molecular complexity index is 657. The third kappa shape index (κ3) is 4.29. The Morgan fingerprint density at radius 2 is 2.00 bits per heavy atom. The van der Waals surface area contributed by atoms with E-state index in [-0.39, 0.29) is 13.2 Å². The van der Waals surface area contributed by atoms with Crippen LogP contribution in [-0.4, -0.2) is 77.1 Å². The van der Waals surface area contributed by atoms with Gasteiger partial charge in [0, 0.05) is 25.9 Å². The lowest BCUT2D eigenvalue weighted by molar-refractivity contribution is -0.141. The average molecular weight is 345 g/mol. The van der Waals surface area contributed by atoms with Crippen molar-refractivity contribution in [3.8, 4) is 0 Å². The van der Waals surface area contributed by atoms with E-state index < -0.39 is 35.8 Å². The number of ether oxygens (including phenoxy) is 2. The molecule has 1 fully saturated rings. The van der Waals surface area contributed by atoms with E-state index in [1.165, 1.54) is 18.2 Å². The smallest absolute Gasteiger partial charge is 0.330 e. The van der Waals surface area contributed by atoms with Crippen molar-refractivity contribution in [3.63, 3.8) is 0 Å². The van der Waals surface area contributed by atoms with Crippen LogP contribution in [0.15, 0.2) is 15.8 Å². The van der Waals surface area contributed by atoms with Crippen LogP contribution in [0.4, 0.5) is 0 Å². The summed E-state index contributed by atoms with van der Waals surface area (Å²) in [5.74, 6) is 0. The Kier molecular flexibility index (Phi) is 6.27. The topological polar surface area (TPSA) is 126 Å². The van der Waals surface area contributed by atoms with Crippen LogP contribution in [0.3, 0.4) is 0 Å². The van der Waals surface area contributed by atoms with Crippen LogP contribution in [0.2, 0.25) is 0 Å². The number of rotatable bonds is 7. The highest BCUT2D eigenvalue weighted by Gasteiger charge is 2.44. The molecule has 10 nitrogen and oxygen atoms in total. The van der Waals surface area contributed by atoms with Gasteiger partial charge in [-0.3, -0.25) is 19.2 Å². The molecule has 0 spiro atoms. The fraction of sp³-hybridized carbons (Fsp3) is 0.714. The average Bonchev–Trinajstić information content (AvgIpc) is 2.78. The monoisotopic (exact) mass is 345 g/mol. The number of aliphatic hydroxyl groups excluding tert-OH is 2. The molecule has 0 unspecified atom stereocenters. The molecule has 2 rings (SSSR count). The molecule has 0 saturated carbocycles. The van der Waals surface area contributed by atoms with Gasteiger partial charge in [0.1, 0.15) is 18.3 Å². The van der Waals surface area contributed by atoms with Crippen LogP contribution in [0.5, 0.6) is 0 Å². The lowest BCUT2D eigenvalue weighted by Crippen LogP contribution is -2.38. The van der Waals surface area contributed by atoms with E-state index in [1.54, 1.807) is 14.1 Å². The van der Waals surface area contributed by atoms with Gasteiger partial charge < -0.3 is 19.7 Å². The summed E-state index contributed by atoms with van der Waals surface area (Å²) >= 11 is 0. The maximum absolute atomic E-state index is 11.9. The zero-order valence-corrected chi connectivity index (χ0v) is 13.8. The van der Waals surface area contributed by atoms with Crippen molar-refractivity contribution in [2.75, 3.05) is 33.9 Å². The Hall–Kier alpha value is -1.56. The Balaban J connectivity index is 1.99. The molecular formula is C14H23N3O7. The van der Waals surface area contributed by atoms with Gasteiger partial charge in [-0.15, -0.1) is 0 Å². The van der Waals surface area contributed by atoms with E-state index >= 15 is 0 Å². The van der Waals surface area contributed by atoms with Crippen LogP contribution in [-0.2, 0) is 14.3 Å². The summed E-state index contributed by atoms with van der Waals surface area (Å²) in [7, 11) is 3.49. The maximum Gasteiger partial charge on any atom is 0.330 e. The molecule has 1 aromatic rings. The molecule has 1 aromatic heterocycles. The number of nitrogens with one attached hydrogen (secondary N) is 1. The summed E-state index contributed by atoms with van der Waals surface area (Å²) < 4.78 is 11.9. The highest BCUT2D eigenvalue weighted by molar-refractivity contribution is 5.03. The van der Waals surface area contributed by atoms with E-state index in [2.05, 4.69) is 4.98 Å². The van der Waals surface area contributed by atoms with Gasteiger partial charge in [0.25, 0.3) is 5.56 Å². The maximum atomic E-state index is 11.9. The van der Waals surface area contributed by atoms with Crippen molar-refractivity contribution in [2.24, 2.45) is 0 Å². The minimum atomic E-state index is -1.32. The van der Waals surface area contributed by atoms with E-state index in [0.717, 1.165) is 4.57 Å². The summed E-state index contributed by atoms with van der Waals surface area (Å²) in [6, 6.07) is 0. The first-order valence-corrected chi connectivity index (χ1v) is 7.53. The number of hydroxylamine groups is 2. The minimum absolute atomic E-state index is 0.0304. The molecule has 10 heteroatoms. The lowest BCUT2D eigenvalue weighted by atomic mass is 10.1. The molecule has 0 bridgehead atoms. The largest absolute Gasteiger partial charge is 0.387 e. The molecule has 3 N–H and O–H groups in total. The number of hydrogen-bond acceptors (Lipinski definition) is 8. The van der Waals surface area contributed by atoms with Crippen LogP contribution >= 0.6 is 0 Å². The quantitative estimate of drug-likeness (QED) is 0.382. The Morgan fingerprint density at radius 1 is 1.29 bits per heavy atom. The fourth-order valence-electron chi connectivity index (χ4n) is 2.35. The highest BCUT2D eigenvalue weighted by Crippen LogP contribution is 2.28. The van der Waals surface area contributed by atoms with Gasteiger partial charge >= 0.3 is 5.69 Å². The third-order valence-corrected chi connectivity index (χ3v) is 3.62. The van der Waals surface area contributed by atoms with Gasteiger partial charge in [0.05, 0.1) is 19.8 Å². The lowest BCUT2D eigenvalue weighted by Gasteiger charge is -2.17. The number of nitrogens with zero attached hydrogens (tertiary/aromatic N) is 2. The Morgan fingerprint density at radius 3 is 2.67 bits per heavy atom. The van der Waals surface area contributed by atoms with Gasteiger partial charge in [0.15, 0.2) is 6.23 Å². The van der Waals surface area contributed by atoms with Crippen molar-refractivity contribution in [2.45, 2.75) is 31.5 Å². The van der Waals surface area contributed by atoms with Gasteiger partial charge in [-0.2, -0.15) is 5.06 Å². The molecule has 1 saturated heterocycles. The Labute approximate surface area is 138 Å². The number of aryl methyl sites for hydroxylation is 1. The molecule has 4 atom stereocenters.